The molecule has 1 aromatic rings. The number of ether oxygens (including phenoxy) is 1. The highest BCUT2D eigenvalue weighted by Crippen LogP contribution is 2.34. The Morgan fingerprint density at radius 2 is 1.95 bits per heavy atom. The van der Waals surface area contributed by atoms with E-state index in [0.717, 1.165) is 24.6 Å². The van der Waals surface area contributed by atoms with Crippen LogP contribution in [0.3, 0.4) is 0 Å². The van der Waals surface area contributed by atoms with Gasteiger partial charge in [-0.2, -0.15) is 11.8 Å². The maximum atomic E-state index is 6.30. The van der Waals surface area contributed by atoms with Crippen LogP contribution in [0.5, 0.6) is 5.75 Å². The van der Waals surface area contributed by atoms with Crippen LogP contribution in [0.25, 0.3) is 0 Å². The zero-order valence-corrected chi connectivity index (χ0v) is 12.3. The van der Waals surface area contributed by atoms with Crippen molar-refractivity contribution in [2.45, 2.75) is 37.7 Å². The Hall–Kier alpha value is -0.670. The van der Waals surface area contributed by atoms with E-state index in [1.807, 2.05) is 11.8 Å². The van der Waals surface area contributed by atoms with Crippen molar-refractivity contribution in [2.75, 3.05) is 24.6 Å². The summed E-state index contributed by atoms with van der Waals surface area (Å²) in [5.74, 6) is 4.27. The van der Waals surface area contributed by atoms with Gasteiger partial charge in [0.2, 0.25) is 0 Å². The Kier molecular flexibility index (Phi) is 4.67. The number of hydrogen-bond acceptors (Lipinski definition) is 3. The number of piperidine rings is 1. The Bertz CT molecular complexity index is 397. The molecule has 0 spiro atoms. The van der Waals surface area contributed by atoms with E-state index in [-0.39, 0.29) is 0 Å². The van der Waals surface area contributed by atoms with Crippen molar-refractivity contribution in [1.82, 2.24) is 5.32 Å². The van der Waals surface area contributed by atoms with E-state index in [2.05, 4.69) is 29.6 Å². The maximum absolute atomic E-state index is 6.30. The molecule has 3 heteroatoms. The van der Waals surface area contributed by atoms with Crippen molar-refractivity contribution in [3.63, 3.8) is 0 Å². The van der Waals surface area contributed by atoms with E-state index in [9.17, 15) is 0 Å². The third kappa shape index (κ3) is 3.46. The molecular formula is C16H23NOS. The zero-order chi connectivity index (χ0) is 12.9. The molecule has 0 aliphatic carbocycles. The normalized spacial score (nSPS) is 25.2. The van der Waals surface area contributed by atoms with Crippen LogP contribution >= 0.6 is 11.8 Å². The van der Waals surface area contributed by atoms with Crippen molar-refractivity contribution < 1.29 is 4.74 Å². The highest BCUT2D eigenvalue weighted by molar-refractivity contribution is 7.99. The van der Waals surface area contributed by atoms with Crippen LogP contribution in [0.2, 0.25) is 0 Å². The van der Waals surface area contributed by atoms with Gasteiger partial charge in [0.25, 0.3) is 0 Å². The predicted octanol–water partition coefficient (Wildman–Crippen LogP) is 3.43. The Labute approximate surface area is 120 Å². The first-order valence-corrected chi connectivity index (χ1v) is 8.63. The van der Waals surface area contributed by atoms with Gasteiger partial charge in [-0.3, -0.25) is 0 Å². The van der Waals surface area contributed by atoms with Gasteiger partial charge in [0, 0.05) is 5.75 Å². The molecule has 1 aromatic carbocycles. The summed E-state index contributed by atoms with van der Waals surface area (Å²) in [6.07, 6.45) is 5.40. The van der Waals surface area contributed by atoms with Crippen LogP contribution in [-0.4, -0.2) is 30.7 Å². The van der Waals surface area contributed by atoms with Gasteiger partial charge in [-0.05, 0) is 62.1 Å². The lowest BCUT2D eigenvalue weighted by Crippen LogP contribution is -2.28. The van der Waals surface area contributed by atoms with E-state index in [1.54, 1.807) is 0 Å². The second-order valence-corrected chi connectivity index (χ2v) is 6.67. The molecule has 2 fully saturated rings. The van der Waals surface area contributed by atoms with Crippen molar-refractivity contribution >= 4 is 11.8 Å². The number of thioether (sulfide) groups is 1. The van der Waals surface area contributed by atoms with Crippen molar-refractivity contribution in [1.29, 1.82) is 0 Å². The third-order valence-electron chi connectivity index (χ3n) is 4.11. The third-order valence-corrected chi connectivity index (χ3v) is 5.29. The molecule has 2 aliphatic heterocycles. The molecule has 3 rings (SSSR count). The van der Waals surface area contributed by atoms with E-state index >= 15 is 0 Å². The molecule has 1 atom stereocenters. The van der Waals surface area contributed by atoms with Crippen molar-refractivity contribution in [2.24, 2.45) is 0 Å². The average molecular weight is 277 g/mol. The monoisotopic (exact) mass is 277 g/mol. The molecular weight excluding hydrogens is 254 g/mol. The summed E-state index contributed by atoms with van der Waals surface area (Å²) in [5.41, 5.74) is 1.43. The molecule has 0 bridgehead atoms. The fourth-order valence-electron chi connectivity index (χ4n) is 3.04. The van der Waals surface area contributed by atoms with Gasteiger partial charge in [-0.25, -0.2) is 0 Å². The van der Waals surface area contributed by atoms with E-state index in [4.69, 9.17) is 4.74 Å². The lowest BCUT2D eigenvalue weighted by atomic mass is 9.89. The summed E-state index contributed by atoms with van der Waals surface area (Å²) in [6, 6.07) is 8.69. The summed E-state index contributed by atoms with van der Waals surface area (Å²) in [7, 11) is 0. The standard InChI is InChI=1S/C16H23NOS/c1-2-6-16(18-14-4-3-11-19-12-14)15(5-1)13-7-9-17-10-8-13/h1-2,5-6,13-14,17H,3-4,7-12H2. The topological polar surface area (TPSA) is 21.3 Å². The summed E-state index contributed by atoms with van der Waals surface area (Å²) in [4.78, 5) is 0. The highest BCUT2D eigenvalue weighted by Gasteiger charge is 2.21. The van der Waals surface area contributed by atoms with Gasteiger partial charge >= 0.3 is 0 Å². The fourth-order valence-corrected chi connectivity index (χ4v) is 4.08. The van der Waals surface area contributed by atoms with Crippen LogP contribution < -0.4 is 10.1 Å². The highest BCUT2D eigenvalue weighted by atomic mass is 32.2. The van der Waals surface area contributed by atoms with E-state index < -0.39 is 0 Å². The second kappa shape index (κ2) is 6.67. The van der Waals surface area contributed by atoms with Crippen LogP contribution in [0, 0.1) is 0 Å². The van der Waals surface area contributed by atoms with Gasteiger partial charge in [0.1, 0.15) is 11.9 Å². The molecule has 1 unspecified atom stereocenters. The molecule has 2 saturated heterocycles. The lowest BCUT2D eigenvalue weighted by molar-refractivity contribution is 0.207. The number of hydrogen-bond donors (Lipinski definition) is 1. The molecule has 0 saturated carbocycles. The summed E-state index contributed by atoms with van der Waals surface area (Å²) in [6.45, 7) is 2.27. The SMILES string of the molecule is c1ccc(C2CCNCC2)c(OC2CCCSC2)c1. The first-order valence-electron chi connectivity index (χ1n) is 7.47. The van der Waals surface area contributed by atoms with E-state index in [0.29, 0.717) is 12.0 Å². The average Bonchev–Trinajstić information content (AvgIpc) is 2.50. The molecule has 2 heterocycles. The minimum Gasteiger partial charge on any atom is -0.489 e. The number of nitrogens with one attached hydrogen (secondary N) is 1. The quantitative estimate of drug-likeness (QED) is 0.914. The van der Waals surface area contributed by atoms with Crippen LogP contribution in [0.4, 0.5) is 0 Å². The second-order valence-electron chi connectivity index (χ2n) is 5.52. The van der Waals surface area contributed by atoms with Crippen LogP contribution in [0.15, 0.2) is 24.3 Å². The molecule has 19 heavy (non-hydrogen) atoms. The number of benzene rings is 1. The molecule has 104 valence electrons. The lowest BCUT2D eigenvalue weighted by Gasteiger charge is -2.28. The van der Waals surface area contributed by atoms with Crippen LogP contribution in [-0.2, 0) is 0 Å². The van der Waals surface area contributed by atoms with Gasteiger partial charge in [-0.1, -0.05) is 18.2 Å². The molecule has 0 amide bonds. The molecule has 0 aromatic heterocycles. The maximum Gasteiger partial charge on any atom is 0.123 e. The largest absolute Gasteiger partial charge is 0.489 e. The van der Waals surface area contributed by atoms with Crippen LogP contribution in [0.1, 0.15) is 37.2 Å². The summed E-state index contributed by atoms with van der Waals surface area (Å²) >= 11 is 2.03. The Balaban J connectivity index is 1.72. The smallest absolute Gasteiger partial charge is 0.123 e. The number of rotatable bonds is 3. The molecule has 1 N–H and O–H groups in total. The minimum atomic E-state index is 0.418. The van der Waals surface area contributed by atoms with Gasteiger partial charge < -0.3 is 10.1 Å². The molecule has 2 aliphatic rings. The summed E-state index contributed by atoms with van der Waals surface area (Å²) < 4.78 is 6.30. The van der Waals surface area contributed by atoms with E-state index in [1.165, 1.54) is 37.0 Å². The minimum absolute atomic E-state index is 0.418. The molecule has 0 radical (unpaired) electrons. The van der Waals surface area contributed by atoms with Crippen molar-refractivity contribution in [3.8, 4) is 5.75 Å². The Morgan fingerprint density at radius 3 is 2.74 bits per heavy atom. The summed E-state index contributed by atoms with van der Waals surface area (Å²) in [5, 5.41) is 3.44. The first kappa shape index (κ1) is 13.3. The Morgan fingerprint density at radius 1 is 1.11 bits per heavy atom. The first-order chi connectivity index (χ1) is 9.43. The van der Waals surface area contributed by atoms with Crippen molar-refractivity contribution in [3.05, 3.63) is 29.8 Å². The number of para-hydroxylation sites is 1. The van der Waals surface area contributed by atoms with Gasteiger partial charge in [0.15, 0.2) is 0 Å². The van der Waals surface area contributed by atoms with Gasteiger partial charge in [-0.15, -0.1) is 0 Å². The zero-order valence-electron chi connectivity index (χ0n) is 11.4. The fraction of sp³-hybridized carbons (Fsp3) is 0.625. The van der Waals surface area contributed by atoms with Gasteiger partial charge in [0.05, 0.1) is 0 Å². The molecule has 2 nitrogen and oxygen atoms in total. The predicted molar refractivity (Wildman–Crippen MR) is 82.3 cm³/mol.